The molecule has 0 unspecified atom stereocenters. The second-order valence-electron chi connectivity index (χ2n) is 5.24. The van der Waals surface area contributed by atoms with Crippen LogP contribution >= 0.6 is 0 Å². The summed E-state index contributed by atoms with van der Waals surface area (Å²) in [6, 6.07) is 3.54. The summed E-state index contributed by atoms with van der Waals surface area (Å²) in [5, 5.41) is 8.21. The van der Waals surface area contributed by atoms with Gasteiger partial charge in [-0.1, -0.05) is 20.8 Å². The Balaban J connectivity index is 2.74. The molecule has 1 aromatic heterocycles. The highest BCUT2D eigenvalue weighted by Gasteiger charge is 2.31. The van der Waals surface area contributed by atoms with E-state index in [0.29, 0.717) is 10.9 Å². The van der Waals surface area contributed by atoms with Crippen LogP contribution in [0.1, 0.15) is 31.9 Å². The Labute approximate surface area is 103 Å². The number of benzene rings is 1. The predicted molar refractivity (Wildman–Crippen MR) is 63.2 cm³/mol. The molecule has 0 amide bonds. The van der Waals surface area contributed by atoms with Crippen molar-refractivity contribution in [1.82, 2.24) is 10.2 Å². The van der Waals surface area contributed by atoms with Gasteiger partial charge in [-0.05, 0) is 29.2 Å². The first-order valence-corrected chi connectivity index (χ1v) is 5.53. The van der Waals surface area contributed by atoms with Crippen molar-refractivity contribution < 1.29 is 13.2 Å². The highest BCUT2D eigenvalue weighted by Crippen LogP contribution is 2.34. The standard InChI is InChI=1S/C13H13F3N2/c1-12(2,3)10-7-17-18-11-5-4-8(6-9(10)11)13(14,15)16/h4-7H,1-3H3. The van der Waals surface area contributed by atoms with E-state index < -0.39 is 11.7 Å². The highest BCUT2D eigenvalue weighted by atomic mass is 19.4. The van der Waals surface area contributed by atoms with E-state index in [1.165, 1.54) is 12.3 Å². The van der Waals surface area contributed by atoms with Crippen LogP contribution in [0.5, 0.6) is 0 Å². The maximum atomic E-state index is 12.7. The van der Waals surface area contributed by atoms with Crippen molar-refractivity contribution in [2.24, 2.45) is 0 Å². The number of hydrogen-bond acceptors (Lipinski definition) is 2. The molecule has 2 aromatic rings. The number of nitrogens with zero attached hydrogens (tertiary/aromatic N) is 2. The molecular weight excluding hydrogens is 241 g/mol. The third-order valence-electron chi connectivity index (χ3n) is 2.77. The molecule has 5 heteroatoms. The Hall–Kier alpha value is -1.65. The molecule has 0 radical (unpaired) electrons. The zero-order valence-electron chi connectivity index (χ0n) is 10.3. The van der Waals surface area contributed by atoms with Gasteiger partial charge in [0.25, 0.3) is 0 Å². The van der Waals surface area contributed by atoms with Crippen molar-refractivity contribution in [3.8, 4) is 0 Å². The first-order valence-electron chi connectivity index (χ1n) is 5.53. The normalized spacial score (nSPS) is 13.0. The summed E-state index contributed by atoms with van der Waals surface area (Å²) in [4.78, 5) is 0. The SMILES string of the molecule is CC(C)(C)c1cnnc2ccc(C(F)(F)F)cc12. The summed E-state index contributed by atoms with van der Waals surface area (Å²) in [7, 11) is 0. The quantitative estimate of drug-likeness (QED) is 0.711. The van der Waals surface area contributed by atoms with Gasteiger partial charge in [-0.3, -0.25) is 0 Å². The zero-order chi connectivity index (χ0) is 13.6. The molecule has 2 rings (SSSR count). The van der Waals surface area contributed by atoms with Gasteiger partial charge in [0.05, 0.1) is 17.3 Å². The number of alkyl halides is 3. The number of rotatable bonds is 0. The van der Waals surface area contributed by atoms with Crippen LogP contribution in [0, 0.1) is 0 Å². The van der Waals surface area contributed by atoms with Crippen LogP contribution in [0.15, 0.2) is 24.4 Å². The van der Waals surface area contributed by atoms with Crippen molar-refractivity contribution in [2.45, 2.75) is 32.4 Å². The number of halogens is 3. The lowest BCUT2D eigenvalue weighted by Gasteiger charge is -2.20. The monoisotopic (exact) mass is 254 g/mol. The highest BCUT2D eigenvalue weighted by molar-refractivity contribution is 5.83. The minimum atomic E-state index is -4.34. The maximum absolute atomic E-state index is 12.7. The predicted octanol–water partition coefficient (Wildman–Crippen LogP) is 3.95. The van der Waals surface area contributed by atoms with Gasteiger partial charge in [0.2, 0.25) is 0 Å². The van der Waals surface area contributed by atoms with Gasteiger partial charge in [-0.2, -0.15) is 23.4 Å². The number of hydrogen-bond donors (Lipinski definition) is 0. The molecule has 0 aliphatic heterocycles. The molecule has 0 bridgehead atoms. The minimum Gasteiger partial charge on any atom is -0.166 e. The van der Waals surface area contributed by atoms with Crippen LogP contribution in [0.25, 0.3) is 10.9 Å². The van der Waals surface area contributed by atoms with Gasteiger partial charge in [0.1, 0.15) is 0 Å². The molecule has 0 atom stereocenters. The summed E-state index contributed by atoms with van der Waals surface area (Å²) in [6.45, 7) is 5.80. The van der Waals surface area contributed by atoms with Crippen molar-refractivity contribution in [3.05, 3.63) is 35.5 Å². The fourth-order valence-electron chi connectivity index (χ4n) is 1.83. The van der Waals surface area contributed by atoms with Crippen LogP contribution in [0.3, 0.4) is 0 Å². The molecule has 0 aliphatic carbocycles. The van der Waals surface area contributed by atoms with Gasteiger partial charge in [0.15, 0.2) is 0 Å². The van der Waals surface area contributed by atoms with E-state index in [1.54, 1.807) is 0 Å². The average Bonchev–Trinajstić information content (AvgIpc) is 2.25. The molecule has 0 saturated heterocycles. The second-order valence-corrected chi connectivity index (χ2v) is 5.24. The molecule has 0 saturated carbocycles. The van der Waals surface area contributed by atoms with Crippen molar-refractivity contribution in [1.29, 1.82) is 0 Å². The second kappa shape index (κ2) is 3.93. The van der Waals surface area contributed by atoms with Crippen LogP contribution in [-0.4, -0.2) is 10.2 Å². The van der Waals surface area contributed by atoms with Crippen molar-refractivity contribution in [3.63, 3.8) is 0 Å². The van der Waals surface area contributed by atoms with Crippen LogP contribution in [0.4, 0.5) is 13.2 Å². The summed E-state index contributed by atoms with van der Waals surface area (Å²) in [5.41, 5.74) is 0.306. The van der Waals surface area contributed by atoms with Gasteiger partial charge in [-0.15, -0.1) is 0 Å². The van der Waals surface area contributed by atoms with E-state index in [0.717, 1.165) is 17.7 Å². The molecular formula is C13H13F3N2. The molecule has 0 aliphatic rings. The Kier molecular flexibility index (Phi) is 2.80. The molecule has 2 nitrogen and oxygen atoms in total. The molecule has 1 heterocycles. The van der Waals surface area contributed by atoms with E-state index in [-0.39, 0.29) is 5.41 Å². The van der Waals surface area contributed by atoms with Gasteiger partial charge >= 0.3 is 6.18 Å². The molecule has 0 fully saturated rings. The van der Waals surface area contributed by atoms with E-state index in [4.69, 9.17) is 0 Å². The number of fused-ring (bicyclic) bond motifs is 1. The Morgan fingerprint density at radius 1 is 1.06 bits per heavy atom. The van der Waals surface area contributed by atoms with Crippen LogP contribution in [-0.2, 0) is 11.6 Å². The smallest absolute Gasteiger partial charge is 0.166 e. The van der Waals surface area contributed by atoms with Crippen LogP contribution in [0.2, 0.25) is 0 Å². The van der Waals surface area contributed by atoms with Crippen LogP contribution < -0.4 is 0 Å². The van der Waals surface area contributed by atoms with Gasteiger partial charge < -0.3 is 0 Å². The fraction of sp³-hybridized carbons (Fsp3) is 0.385. The van der Waals surface area contributed by atoms with Crippen molar-refractivity contribution in [2.75, 3.05) is 0 Å². The van der Waals surface area contributed by atoms with E-state index in [9.17, 15) is 13.2 Å². The summed E-state index contributed by atoms with van der Waals surface area (Å²) >= 11 is 0. The number of aromatic nitrogens is 2. The zero-order valence-corrected chi connectivity index (χ0v) is 10.3. The Morgan fingerprint density at radius 2 is 1.72 bits per heavy atom. The Bertz CT molecular complexity index is 583. The first-order chi connectivity index (χ1) is 8.19. The summed E-state index contributed by atoms with van der Waals surface area (Å²) in [5.74, 6) is 0. The third-order valence-corrected chi connectivity index (χ3v) is 2.77. The molecule has 96 valence electrons. The minimum absolute atomic E-state index is 0.279. The summed E-state index contributed by atoms with van der Waals surface area (Å²) < 4.78 is 38.1. The van der Waals surface area contributed by atoms with Gasteiger partial charge in [0, 0.05) is 5.39 Å². The molecule has 1 aromatic carbocycles. The molecule has 18 heavy (non-hydrogen) atoms. The fourth-order valence-corrected chi connectivity index (χ4v) is 1.83. The lowest BCUT2D eigenvalue weighted by molar-refractivity contribution is -0.137. The topological polar surface area (TPSA) is 25.8 Å². The molecule has 0 spiro atoms. The average molecular weight is 254 g/mol. The lowest BCUT2D eigenvalue weighted by atomic mass is 9.85. The largest absolute Gasteiger partial charge is 0.416 e. The maximum Gasteiger partial charge on any atom is 0.416 e. The first kappa shape index (κ1) is 12.8. The Morgan fingerprint density at radius 3 is 2.28 bits per heavy atom. The lowest BCUT2D eigenvalue weighted by Crippen LogP contribution is -2.13. The van der Waals surface area contributed by atoms with Crippen molar-refractivity contribution >= 4 is 10.9 Å². The molecule has 0 N–H and O–H groups in total. The van der Waals surface area contributed by atoms with E-state index >= 15 is 0 Å². The summed E-state index contributed by atoms with van der Waals surface area (Å²) in [6.07, 6.45) is -2.81. The van der Waals surface area contributed by atoms with E-state index in [1.807, 2.05) is 20.8 Å². The van der Waals surface area contributed by atoms with Gasteiger partial charge in [-0.25, -0.2) is 0 Å². The third kappa shape index (κ3) is 2.30. The van der Waals surface area contributed by atoms with E-state index in [2.05, 4.69) is 10.2 Å².